The normalized spacial score (nSPS) is 12.8. The van der Waals surface area contributed by atoms with E-state index in [0.29, 0.717) is 0 Å². The van der Waals surface area contributed by atoms with Crippen molar-refractivity contribution in [1.29, 1.82) is 0 Å². The topological polar surface area (TPSA) is 102 Å². The van der Waals surface area contributed by atoms with Gasteiger partial charge >= 0.3 is 12.1 Å². The fourth-order valence-corrected chi connectivity index (χ4v) is 6.72. The SMILES string of the molecule is CC(C)(C)OC(=O)CN(CCNC(=O)OCC1c2ccccc2-c2ccccc21)S(=O)(=O)c1ccc(-c2ccccc2)cc1. The van der Waals surface area contributed by atoms with Crippen LogP contribution in [-0.2, 0) is 24.3 Å². The Kier molecular flexibility index (Phi) is 9.17. The second-order valence-corrected chi connectivity index (χ2v) is 13.5. The van der Waals surface area contributed by atoms with Gasteiger partial charge in [-0.25, -0.2) is 13.2 Å². The summed E-state index contributed by atoms with van der Waals surface area (Å²) in [5.74, 6) is -0.792. The molecule has 0 saturated heterocycles. The van der Waals surface area contributed by atoms with Crippen molar-refractivity contribution < 1.29 is 27.5 Å². The zero-order valence-corrected chi connectivity index (χ0v) is 25.8. The van der Waals surface area contributed by atoms with Crippen LogP contribution in [0.3, 0.4) is 0 Å². The summed E-state index contributed by atoms with van der Waals surface area (Å²) in [5, 5.41) is 2.64. The largest absolute Gasteiger partial charge is 0.459 e. The maximum atomic E-state index is 13.7. The number of fused-ring (bicyclic) bond motifs is 3. The van der Waals surface area contributed by atoms with Gasteiger partial charge in [-0.05, 0) is 66.3 Å². The second kappa shape index (κ2) is 13.0. The summed E-state index contributed by atoms with van der Waals surface area (Å²) in [4.78, 5) is 25.4. The molecule has 44 heavy (non-hydrogen) atoms. The Morgan fingerprint density at radius 3 is 1.91 bits per heavy atom. The second-order valence-electron chi connectivity index (χ2n) is 11.6. The third kappa shape index (κ3) is 7.18. The number of ether oxygens (including phenoxy) is 2. The molecule has 0 bridgehead atoms. The van der Waals surface area contributed by atoms with E-state index in [-0.39, 0.29) is 30.5 Å². The minimum atomic E-state index is -4.10. The average Bonchev–Trinajstić information content (AvgIpc) is 3.32. The smallest absolute Gasteiger partial charge is 0.407 e. The average molecular weight is 613 g/mol. The molecule has 5 rings (SSSR count). The Labute approximate surface area is 258 Å². The standard InChI is InChI=1S/C35H36N2O6S/c1-35(2,3)43-33(38)23-37(44(40,41)27-19-17-26(18-20-27)25-11-5-4-6-12-25)22-21-36-34(39)42-24-32-30-15-9-7-13-28(30)29-14-8-10-16-31(29)32/h4-20,32H,21-24H2,1-3H3,(H,36,39). The summed E-state index contributed by atoms with van der Waals surface area (Å²) in [6.07, 6.45) is -0.673. The number of carbonyl (C=O) groups is 2. The predicted octanol–water partition coefficient (Wildman–Crippen LogP) is 6.22. The molecule has 1 N–H and O–H groups in total. The minimum absolute atomic E-state index is 0.0295. The van der Waals surface area contributed by atoms with Gasteiger partial charge in [0.25, 0.3) is 0 Å². The van der Waals surface area contributed by atoms with Gasteiger partial charge in [0, 0.05) is 19.0 Å². The first-order valence-electron chi connectivity index (χ1n) is 14.5. The molecule has 9 heteroatoms. The minimum Gasteiger partial charge on any atom is -0.459 e. The lowest BCUT2D eigenvalue weighted by atomic mass is 9.98. The van der Waals surface area contributed by atoms with Crippen molar-refractivity contribution in [2.24, 2.45) is 0 Å². The molecule has 1 aliphatic rings. The van der Waals surface area contributed by atoms with Crippen molar-refractivity contribution in [3.8, 4) is 22.3 Å². The summed E-state index contributed by atoms with van der Waals surface area (Å²) in [5.41, 5.74) is 5.45. The van der Waals surface area contributed by atoms with E-state index in [1.165, 1.54) is 12.1 Å². The maximum Gasteiger partial charge on any atom is 0.407 e. The molecule has 0 spiro atoms. The molecule has 8 nitrogen and oxygen atoms in total. The van der Waals surface area contributed by atoms with Crippen molar-refractivity contribution in [3.63, 3.8) is 0 Å². The molecule has 1 amide bonds. The molecule has 1 aliphatic carbocycles. The molecule has 0 aromatic heterocycles. The Hall–Kier alpha value is -4.47. The first kappa shape index (κ1) is 31.0. The van der Waals surface area contributed by atoms with Crippen LogP contribution in [0.25, 0.3) is 22.3 Å². The molecule has 0 saturated carbocycles. The number of sulfonamides is 1. The maximum absolute atomic E-state index is 13.7. The Balaban J connectivity index is 1.24. The third-order valence-corrected chi connectivity index (χ3v) is 9.16. The van der Waals surface area contributed by atoms with E-state index in [1.54, 1.807) is 32.9 Å². The molecular formula is C35H36N2O6S. The van der Waals surface area contributed by atoms with Gasteiger partial charge in [-0.1, -0.05) is 91.0 Å². The number of hydrogen-bond acceptors (Lipinski definition) is 6. The van der Waals surface area contributed by atoms with E-state index in [0.717, 1.165) is 37.7 Å². The summed E-state index contributed by atoms with van der Waals surface area (Å²) < 4.78 is 39.3. The van der Waals surface area contributed by atoms with Crippen LogP contribution in [0.2, 0.25) is 0 Å². The molecule has 0 fully saturated rings. The van der Waals surface area contributed by atoms with Crippen LogP contribution in [0.1, 0.15) is 37.8 Å². The van der Waals surface area contributed by atoms with Crippen molar-refractivity contribution in [2.45, 2.75) is 37.2 Å². The van der Waals surface area contributed by atoms with Gasteiger partial charge in [0.2, 0.25) is 10.0 Å². The highest BCUT2D eigenvalue weighted by Gasteiger charge is 2.30. The molecule has 0 aliphatic heterocycles. The summed E-state index contributed by atoms with van der Waals surface area (Å²) >= 11 is 0. The molecular weight excluding hydrogens is 576 g/mol. The monoisotopic (exact) mass is 612 g/mol. The highest BCUT2D eigenvalue weighted by Crippen LogP contribution is 2.44. The summed E-state index contributed by atoms with van der Waals surface area (Å²) in [7, 11) is -4.10. The highest BCUT2D eigenvalue weighted by atomic mass is 32.2. The van der Waals surface area contributed by atoms with E-state index in [1.807, 2.05) is 66.7 Å². The van der Waals surface area contributed by atoms with Crippen LogP contribution < -0.4 is 5.32 Å². The van der Waals surface area contributed by atoms with Crippen molar-refractivity contribution in [2.75, 3.05) is 26.2 Å². The van der Waals surface area contributed by atoms with Crippen molar-refractivity contribution >= 4 is 22.1 Å². The number of nitrogens with one attached hydrogen (secondary N) is 1. The lowest BCUT2D eigenvalue weighted by Crippen LogP contribution is -2.43. The van der Waals surface area contributed by atoms with Gasteiger partial charge in [-0.3, -0.25) is 4.79 Å². The van der Waals surface area contributed by atoms with Gasteiger partial charge in [0.05, 0.1) is 4.90 Å². The molecule has 0 unspecified atom stereocenters. The number of alkyl carbamates (subject to hydrolysis) is 1. The first-order chi connectivity index (χ1) is 21.0. The van der Waals surface area contributed by atoms with E-state index in [2.05, 4.69) is 17.4 Å². The summed E-state index contributed by atoms with van der Waals surface area (Å²) in [6, 6.07) is 32.2. The molecule has 0 atom stereocenters. The Morgan fingerprint density at radius 1 is 0.773 bits per heavy atom. The zero-order valence-electron chi connectivity index (χ0n) is 25.0. The van der Waals surface area contributed by atoms with E-state index >= 15 is 0 Å². The van der Waals surface area contributed by atoms with E-state index in [4.69, 9.17) is 9.47 Å². The molecule has 4 aromatic carbocycles. The molecule has 228 valence electrons. The summed E-state index contributed by atoms with van der Waals surface area (Å²) in [6.45, 7) is 4.53. The lowest BCUT2D eigenvalue weighted by molar-refractivity contribution is -0.154. The van der Waals surface area contributed by atoms with Crippen LogP contribution in [0, 0.1) is 0 Å². The van der Waals surface area contributed by atoms with Crippen molar-refractivity contribution in [3.05, 3.63) is 114 Å². The van der Waals surface area contributed by atoms with Gasteiger partial charge in [-0.15, -0.1) is 0 Å². The number of amides is 1. The molecule has 0 radical (unpaired) electrons. The first-order valence-corrected chi connectivity index (χ1v) is 15.9. The number of hydrogen-bond donors (Lipinski definition) is 1. The van der Waals surface area contributed by atoms with E-state index in [9.17, 15) is 18.0 Å². The van der Waals surface area contributed by atoms with Crippen LogP contribution in [0.15, 0.2) is 108 Å². The number of carbonyl (C=O) groups excluding carboxylic acids is 2. The van der Waals surface area contributed by atoms with Gasteiger partial charge in [0.1, 0.15) is 18.8 Å². The van der Waals surface area contributed by atoms with Gasteiger partial charge in [0.15, 0.2) is 0 Å². The Bertz CT molecular complexity index is 1690. The fourth-order valence-electron chi connectivity index (χ4n) is 5.33. The zero-order chi connectivity index (χ0) is 31.3. The highest BCUT2D eigenvalue weighted by molar-refractivity contribution is 7.89. The third-order valence-electron chi connectivity index (χ3n) is 7.30. The van der Waals surface area contributed by atoms with Crippen molar-refractivity contribution in [1.82, 2.24) is 9.62 Å². The van der Waals surface area contributed by atoms with Crippen LogP contribution in [-0.4, -0.2) is 56.6 Å². The van der Waals surface area contributed by atoms with Crippen LogP contribution in [0.4, 0.5) is 4.79 Å². The van der Waals surface area contributed by atoms with Crippen LogP contribution >= 0.6 is 0 Å². The number of nitrogens with zero attached hydrogens (tertiary/aromatic N) is 1. The lowest BCUT2D eigenvalue weighted by Gasteiger charge is -2.25. The fraction of sp³-hybridized carbons (Fsp3) is 0.257. The molecule has 0 heterocycles. The Morgan fingerprint density at radius 2 is 1.32 bits per heavy atom. The number of esters is 1. The van der Waals surface area contributed by atoms with E-state index < -0.39 is 34.2 Å². The van der Waals surface area contributed by atoms with Crippen LogP contribution in [0.5, 0.6) is 0 Å². The van der Waals surface area contributed by atoms with Gasteiger partial charge in [-0.2, -0.15) is 4.31 Å². The van der Waals surface area contributed by atoms with Gasteiger partial charge < -0.3 is 14.8 Å². The quantitative estimate of drug-likeness (QED) is 0.213. The molecule has 4 aromatic rings. The number of benzene rings is 4. The predicted molar refractivity (Wildman–Crippen MR) is 170 cm³/mol. The number of rotatable bonds is 10.